The van der Waals surface area contributed by atoms with Gasteiger partial charge >= 0.3 is 5.97 Å². The van der Waals surface area contributed by atoms with Crippen LogP contribution >= 0.6 is 0 Å². The monoisotopic (exact) mass is 996 g/mol. The summed E-state index contributed by atoms with van der Waals surface area (Å²) in [6, 6.07) is -0.636. The van der Waals surface area contributed by atoms with Crippen LogP contribution in [0.1, 0.15) is 328 Å². The summed E-state index contributed by atoms with van der Waals surface area (Å²) in [5.74, 6) is -0.0776. The molecule has 0 radical (unpaired) electrons. The Hall–Kier alpha value is -2.18. The summed E-state index contributed by atoms with van der Waals surface area (Å²) < 4.78 is 5.49. The molecule has 0 aromatic heterocycles. The van der Waals surface area contributed by atoms with Crippen LogP contribution in [0, 0.1) is 0 Å². The summed E-state index contributed by atoms with van der Waals surface area (Å²) in [5.41, 5.74) is 0. The maximum Gasteiger partial charge on any atom is 0.305 e. The lowest BCUT2D eigenvalue weighted by atomic mass is 10.0. The first kappa shape index (κ1) is 68.8. The van der Waals surface area contributed by atoms with Crippen LogP contribution in [0.2, 0.25) is 0 Å². The van der Waals surface area contributed by atoms with E-state index in [-0.39, 0.29) is 18.5 Å². The molecule has 0 aliphatic rings. The molecule has 71 heavy (non-hydrogen) atoms. The zero-order valence-corrected chi connectivity index (χ0v) is 47.5. The zero-order chi connectivity index (χ0) is 51.4. The summed E-state index contributed by atoms with van der Waals surface area (Å²) in [4.78, 5) is 24.6. The van der Waals surface area contributed by atoms with Crippen LogP contribution in [-0.2, 0) is 14.3 Å². The van der Waals surface area contributed by atoms with E-state index >= 15 is 0 Å². The summed E-state index contributed by atoms with van der Waals surface area (Å²) >= 11 is 0. The number of esters is 1. The normalized spacial score (nSPS) is 12.9. The van der Waals surface area contributed by atoms with Crippen LogP contribution in [0.3, 0.4) is 0 Å². The first-order chi connectivity index (χ1) is 35.0. The van der Waals surface area contributed by atoms with E-state index in [1.807, 2.05) is 6.08 Å². The summed E-state index contributed by atoms with van der Waals surface area (Å²) in [6.07, 6.45) is 77.1. The fraction of sp³-hybridized carbons (Fsp3) is 0.846. The largest absolute Gasteiger partial charge is 0.466 e. The Morgan fingerprint density at radius 2 is 0.704 bits per heavy atom. The molecule has 0 aromatic carbocycles. The van der Waals surface area contributed by atoms with Gasteiger partial charge in [0.1, 0.15) is 0 Å². The predicted molar refractivity (Wildman–Crippen MR) is 310 cm³/mol. The summed E-state index contributed by atoms with van der Waals surface area (Å²) in [7, 11) is 0. The average molecular weight is 997 g/mol. The Morgan fingerprint density at radius 1 is 0.394 bits per heavy atom. The predicted octanol–water partition coefficient (Wildman–Crippen LogP) is 19.7. The van der Waals surface area contributed by atoms with Gasteiger partial charge in [0.25, 0.3) is 0 Å². The number of carbonyl (C=O) groups excluding carboxylic acids is 2. The second-order valence-corrected chi connectivity index (χ2v) is 21.4. The lowest BCUT2D eigenvalue weighted by Gasteiger charge is -2.20. The standard InChI is InChI=1S/C65H121NO5/c1-3-5-7-9-11-13-15-17-19-21-23-27-31-35-39-43-47-51-55-59-65(70)71-60-56-52-48-44-40-36-32-28-25-22-24-26-30-34-38-42-46-50-54-58-64(69)66-62(61-67)63(68)57-53-49-45-41-37-33-29-20-18-16-14-12-10-8-6-4-2/h11,13,17,19,22,24,53,57,62-63,67-68H,3-10,12,14-16,18,20-21,23,25-52,54-56,58-61H2,1-2H3,(H,66,69)/b13-11-,19-17-,24-22-,57-53+. The third-order valence-electron chi connectivity index (χ3n) is 14.3. The number of ether oxygens (including phenoxy) is 1. The lowest BCUT2D eigenvalue weighted by molar-refractivity contribution is -0.143. The minimum Gasteiger partial charge on any atom is -0.466 e. The molecule has 0 aromatic rings. The fourth-order valence-electron chi connectivity index (χ4n) is 9.48. The van der Waals surface area contributed by atoms with E-state index in [4.69, 9.17) is 4.74 Å². The van der Waals surface area contributed by atoms with Gasteiger partial charge in [-0.05, 0) is 89.9 Å². The van der Waals surface area contributed by atoms with Crippen LogP contribution in [-0.4, -0.2) is 47.4 Å². The molecule has 6 heteroatoms. The molecule has 0 fully saturated rings. The number of aliphatic hydroxyl groups excluding tert-OH is 2. The number of carbonyl (C=O) groups is 2. The van der Waals surface area contributed by atoms with Gasteiger partial charge in [0.15, 0.2) is 0 Å². The molecule has 2 atom stereocenters. The number of hydrogen-bond acceptors (Lipinski definition) is 5. The molecule has 0 rings (SSSR count). The molecule has 2 unspecified atom stereocenters. The van der Waals surface area contributed by atoms with Gasteiger partial charge in [0, 0.05) is 12.8 Å². The molecule has 6 nitrogen and oxygen atoms in total. The highest BCUT2D eigenvalue weighted by Crippen LogP contribution is 2.17. The van der Waals surface area contributed by atoms with Crippen LogP contribution in [0.15, 0.2) is 48.6 Å². The highest BCUT2D eigenvalue weighted by molar-refractivity contribution is 5.76. The van der Waals surface area contributed by atoms with Crippen molar-refractivity contribution in [2.24, 2.45) is 0 Å². The second-order valence-electron chi connectivity index (χ2n) is 21.4. The van der Waals surface area contributed by atoms with E-state index in [2.05, 4.69) is 55.6 Å². The van der Waals surface area contributed by atoms with Gasteiger partial charge in [-0.15, -0.1) is 0 Å². The van der Waals surface area contributed by atoms with Gasteiger partial charge in [-0.1, -0.05) is 274 Å². The first-order valence-electron chi connectivity index (χ1n) is 31.4. The maximum atomic E-state index is 12.5. The molecular weight excluding hydrogens is 875 g/mol. The van der Waals surface area contributed by atoms with Crippen molar-refractivity contribution in [1.82, 2.24) is 5.32 Å². The molecule has 0 bridgehead atoms. The van der Waals surface area contributed by atoms with Gasteiger partial charge in [-0.2, -0.15) is 0 Å². The average Bonchev–Trinajstić information content (AvgIpc) is 3.37. The smallest absolute Gasteiger partial charge is 0.305 e. The molecule has 1 amide bonds. The Bertz CT molecular complexity index is 1190. The number of unbranched alkanes of at least 4 members (excludes halogenated alkanes) is 41. The number of allylic oxidation sites excluding steroid dienone is 7. The fourth-order valence-corrected chi connectivity index (χ4v) is 9.48. The molecule has 0 aliphatic carbocycles. The van der Waals surface area contributed by atoms with Crippen molar-refractivity contribution < 1.29 is 24.5 Å². The van der Waals surface area contributed by atoms with E-state index in [9.17, 15) is 19.8 Å². The molecule has 0 saturated carbocycles. The Labute approximate surface area is 442 Å². The number of aliphatic hydroxyl groups is 2. The number of amides is 1. The first-order valence-corrected chi connectivity index (χ1v) is 31.4. The Kier molecular flexibility index (Phi) is 58.5. The number of nitrogens with one attached hydrogen (secondary N) is 1. The van der Waals surface area contributed by atoms with Gasteiger partial charge in [-0.25, -0.2) is 0 Å². The number of hydrogen-bond donors (Lipinski definition) is 3. The van der Waals surface area contributed by atoms with E-state index < -0.39 is 12.1 Å². The molecule has 0 spiro atoms. The Balaban J connectivity index is 3.45. The number of rotatable bonds is 58. The highest BCUT2D eigenvalue weighted by Gasteiger charge is 2.18. The molecule has 3 N–H and O–H groups in total. The van der Waals surface area contributed by atoms with E-state index in [0.717, 1.165) is 57.8 Å². The third kappa shape index (κ3) is 57.0. The molecule has 0 aliphatic heterocycles. The van der Waals surface area contributed by atoms with Crippen LogP contribution in [0.5, 0.6) is 0 Å². The maximum absolute atomic E-state index is 12.5. The van der Waals surface area contributed by atoms with Crippen molar-refractivity contribution in [3.63, 3.8) is 0 Å². The SMILES string of the molecule is CCCCC/C=C\C/C=C\CCCCCCCCCCCC(=O)OCCCCCCCCCC/C=C\CCCCCCCCCC(=O)NC(CO)C(O)/C=C/CCCCCCCCCCCCCCCC. The van der Waals surface area contributed by atoms with Gasteiger partial charge < -0.3 is 20.3 Å². The molecule has 416 valence electrons. The summed E-state index contributed by atoms with van der Waals surface area (Å²) in [5, 5.41) is 23.1. The quantitative estimate of drug-likeness (QED) is 0.0321. The van der Waals surface area contributed by atoms with Crippen molar-refractivity contribution >= 4 is 11.9 Å². The van der Waals surface area contributed by atoms with Crippen molar-refractivity contribution in [2.75, 3.05) is 13.2 Å². The molecule has 0 saturated heterocycles. The van der Waals surface area contributed by atoms with E-state index in [1.54, 1.807) is 6.08 Å². The minimum absolute atomic E-state index is 0.000746. The molecule has 0 heterocycles. The lowest BCUT2D eigenvalue weighted by Crippen LogP contribution is -2.45. The third-order valence-corrected chi connectivity index (χ3v) is 14.3. The summed E-state index contributed by atoms with van der Waals surface area (Å²) in [6.45, 7) is 4.88. The van der Waals surface area contributed by atoms with E-state index in [0.29, 0.717) is 19.4 Å². The van der Waals surface area contributed by atoms with Crippen LogP contribution < -0.4 is 5.32 Å². The Morgan fingerprint density at radius 3 is 1.11 bits per heavy atom. The minimum atomic E-state index is -0.852. The van der Waals surface area contributed by atoms with Gasteiger partial charge in [0.05, 0.1) is 25.4 Å². The van der Waals surface area contributed by atoms with Gasteiger partial charge in [0.2, 0.25) is 5.91 Å². The highest BCUT2D eigenvalue weighted by atomic mass is 16.5. The van der Waals surface area contributed by atoms with Crippen molar-refractivity contribution in [1.29, 1.82) is 0 Å². The van der Waals surface area contributed by atoms with Gasteiger partial charge in [-0.3, -0.25) is 9.59 Å². The second kappa shape index (κ2) is 60.4. The van der Waals surface area contributed by atoms with Crippen molar-refractivity contribution in [2.45, 2.75) is 341 Å². The molecular formula is C65H121NO5. The zero-order valence-electron chi connectivity index (χ0n) is 47.5. The van der Waals surface area contributed by atoms with Crippen LogP contribution in [0.25, 0.3) is 0 Å². The van der Waals surface area contributed by atoms with Crippen molar-refractivity contribution in [3.8, 4) is 0 Å². The topological polar surface area (TPSA) is 95.9 Å². The van der Waals surface area contributed by atoms with Crippen molar-refractivity contribution in [3.05, 3.63) is 48.6 Å². The van der Waals surface area contributed by atoms with Crippen LogP contribution in [0.4, 0.5) is 0 Å². The van der Waals surface area contributed by atoms with E-state index in [1.165, 1.54) is 244 Å².